The molecule has 0 fully saturated rings. The van der Waals surface area contributed by atoms with Crippen LogP contribution in [0.5, 0.6) is 0 Å². The number of fused-ring (bicyclic) bond motifs is 1. The lowest BCUT2D eigenvalue weighted by Crippen LogP contribution is -2.10. The Labute approximate surface area is 192 Å². The van der Waals surface area contributed by atoms with Gasteiger partial charge < -0.3 is 9.73 Å². The van der Waals surface area contributed by atoms with Gasteiger partial charge in [0.15, 0.2) is 5.76 Å². The van der Waals surface area contributed by atoms with Crippen molar-refractivity contribution in [3.8, 4) is 21.9 Å². The molecule has 0 aliphatic rings. The summed E-state index contributed by atoms with van der Waals surface area (Å²) in [6, 6.07) is 22.9. The third-order valence-corrected chi connectivity index (χ3v) is 6.17. The van der Waals surface area contributed by atoms with Crippen LogP contribution in [0.15, 0.2) is 83.3 Å². The summed E-state index contributed by atoms with van der Waals surface area (Å²) in [4.78, 5) is 27.8. The van der Waals surface area contributed by atoms with Gasteiger partial charge in [0.2, 0.25) is 0 Å². The number of thiazole rings is 1. The first-order valence-electron chi connectivity index (χ1n) is 10.1. The largest absolute Gasteiger partial charge is 0.451 e. The van der Waals surface area contributed by atoms with Crippen LogP contribution in [0.2, 0.25) is 0 Å². The molecule has 1 N–H and O–H groups in total. The number of rotatable bonds is 5. The van der Waals surface area contributed by atoms with Crippen LogP contribution < -0.4 is 5.32 Å². The molecule has 5 aromatic rings. The molecule has 0 saturated carbocycles. The van der Waals surface area contributed by atoms with Crippen molar-refractivity contribution in [3.05, 3.63) is 100 Å². The molecule has 0 radical (unpaired) electrons. The zero-order chi connectivity index (χ0) is 22.9. The van der Waals surface area contributed by atoms with E-state index in [2.05, 4.69) is 23.3 Å². The molecular weight excluding hydrogens is 438 g/mol. The van der Waals surface area contributed by atoms with Crippen molar-refractivity contribution in [2.75, 3.05) is 5.32 Å². The highest BCUT2D eigenvalue weighted by atomic mass is 32.1. The minimum absolute atomic E-state index is 0.0433. The molecule has 0 atom stereocenters. The SMILES string of the molecule is Cc1ccc2nc(-c3ccc(NC(=O)c4ccc(-c5cccc([N+](=O)[O-])c5)o4)cc3)sc2c1. The molecule has 162 valence electrons. The van der Waals surface area contributed by atoms with E-state index in [1.54, 1.807) is 35.6 Å². The molecule has 0 aliphatic carbocycles. The number of nitrogens with one attached hydrogen (secondary N) is 1. The predicted molar refractivity (Wildman–Crippen MR) is 129 cm³/mol. The van der Waals surface area contributed by atoms with Gasteiger partial charge in [-0.25, -0.2) is 4.98 Å². The van der Waals surface area contributed by atoms with E-state index in [1.165, 1.54) is 17.7 Å². The molecule has 7 nitrogen and oxygen atoms in total. The van der Waals surface area contributed by atoms with Crippen LogP contribution in [-0.4, -0.2) is 15.8 Å². The number of carbonyl (C=O) groups excluding carboxylic acids is 1. The molecule has 3 aromatic carbocycles. The third kappa shape index (κ3) is 4.24. The average molecular weight is 455 g/mol. The van der Waals surface area contributed by atoms with Crippen molar-refractivity contribution in [2.45, 2.75) is 6.92 Å². The van der Waals surface area contributed by atoms with Crippen molar-refractivity contribution in [3.63, 3.8) is 0 Å². The van der Waals surface area contributed by atoms with E-state index in [1.807, 2.05) is 36.4 Å². The summed E-state index contributed by atoms with van der Waals surface area (Å²) in [7, 11) is 0. The molecule has 1 amide bonds. The van der Waals surface area contributed by atoms with Crippen molar-refractivity contribution in [1.29, 1.82) is 0 Å². The lowest BCUT2D eigenvalue weighted by atomic mass is 10.1. The van der Waals surface area contributed by atoms with Gasteiger partial charge in [0.1, 0.15) is 10.8 Å². The lowest BCUT2D eigenvalue weighted by Gasteiger charge is -2.04. The molecule has 0 saturated heterocycles. The Morgan fingerprint density at radius 3 is 2.61 bits per heavy atom. The van der Waals surface area contributed by atoms with Crippen LogP contribution in [0.1, 0.15) is 16.1 Å². The van der Waals surface area contributed by atoms with Gasteiger partial charge in [-0.05, 0) is 61.0 Å². The fourth-order valence-corrected chi connectivity index (χ4v) is 4.50. The van der Waals surface area contributed by atoms with Crippen LogP contribution >= 0.6 is 11.3 Å². The zero-order valence-electron chi connectivity index (χ0n) is 17.4. The van der Waals surface area contributed by atoms with Crippen molar-refractivity contribution in [2.24, 2.45) is 0 Å². The van der Waals surface area contributed by atoms with Crippen LogP contribution in [0.25, 0.3) is 32.1 Å². The average Bonchev–Trinajstić information content (AvgIpc) is 3.47. The fourth-order valence-electron chi connectivity index (χ4n) is 3.43. The molecule has 5 rings (SSSR count). The van der Waals surface area contributed by atoms with Gasteiger partial charge in [-0.3, -0.25) is 14.9 Å². The maximum absolute atomic E-state index is 12.6. The summed E-state index contributed by atoms with van der Waals surface area (Å²) < 4.78 is 6.77. The summed E-state index contributed by atoms with van der Waals surface area (Å²) in [6.07, 6.45) is 0. The Morgan fingerprint density at radius 2 is 1.82 bits per heavy atom. The number of hydrogen-bond donors (Lipinski definition) is 1. The monoisotopic (exact) mass is 455 g/mol. The zero-order valence-corrected chi connectivity index (χ0v) is 18.3. The number of nitro benzene ring substituents is 1. The van der Waals surface area contributed by atoms with Gasteiger partial charge in [-0.15, -0.1) is 11.3 Å². The summed E-state index contributed by atoms with van der Waals surface area (Å²) in [6.45, 7) is 2.06. The summed E-state index contributed by atoms with van der Waals surface area (Å²) >= 11 is 1.63. The smallest absolute Gasteiger partial charge is 0.291 e. The van der Waals surface area contributed by atoms with Crippen molar-refractivity contribution in [1.82, 2.24) is 4.98 Å². The maximum Gasteiger partial charge on any atom is 0.291 e. The van der Waals surface area contributed by atoms with Crippen molar-refractivity contribution < 1.29 is 14.1 Å². The van der Waals surface area contributed by atoms with E-state index in [9.17, 15) is 14.9 Å². The first-order chi connectivity index (χ1) is 16.0. The van der Waals surface area contributed by atoms with Gasteiger partial charge >= 0.3 is 0 Å². The molecule has 0 aliphatic heterocycles. The third-order valence-electron chi connectivity index (χ3n) is 5.10. The van der Waals surface area contributed by atoms with E-state index in [0.717, 1.165) is 20.8 Å². The Morgan fingerprint density at radius 1 is 1.00 bits per heavy atom. The molecule has 2 aromatic heterocycles. The second-order valence-corrected chi connectivity index (χ2v) is 8.52. The van der Waals surface area contributed by atoms with E-state index in [-0.39, 0.29) is 11.4 Å². The lowest BCUT2D eigenvalue weighted by molar-refractivity contribution is -0.384. The van der Waals surface area contributed by atoms with E-state index < -0.39 is 10.8 Å². The number of nitrogens with zero attached hydrogens (tertiary/aromatic N) is 2. The van der Waals surface area contributed by atoms with Gasteiger partial charge in [0.05, 0.1) is 15.1 Å². The summed E-state index contributed by atoms with van der Waals surface area (Å²) in [5, 5.41) is 14.7. The summed E-state index contributed by atoms with van der Waals surface area (Å²) in [5.74, 6) is 0.0855. The minimum atomic E-state index is -0.473. The Balaban J connectivity index is 1.31. The van der Waals surface area contributed by atoms with Gasteiger partial charge in [0.25, 0.3) is 11.6 Å². The van der Waals surface area contributed by atoms with Gasteiger partial charge in [-0.2, -0.15) is 0 Å². The number of hydrogen-bond acceptors (Lipinski definition) is 6. The number of carbonyl (C=O) groups is 1. The van der Waals surface area contributed by atoms with Gasteiger partial charge in [0, 0.05) is 28.9 Å². The maximum atomic E-state index is 12.6. The van der Waals surface area contributed by atoms with E-state index in [0.29, 0.717) is 17.0 Å². The molecule has 0 bridgehead atoms. The number of aromatic nitrogens is 1. The first kappa shape index (κ1) is 20.6. The highest BCUT2D eigenvalue weighted by Gasteiger charge is 2.15. The van der Waals surface area contributed by atoms with Gasteiger partial charge in [-0.1, -0.05) is 18.2 Å². The Kier molecular flexibility index (Phi) is 5.20. The highest BCUT2D eigenvalue weighted by molar-refractivity contribution is 7.21. The standard InChI is InChI=1S/C25H17N3O4S/c1-15-5-10-20-23(13-15)33-25(27-20)16-6-8-18(9-7-16)26-24(29)22-12-11-21(32-22)17-3-2-4-19(14-17)28(30)31/h2-14H,1H3,(H,26,29). The Hall–Kier alpha value is -4.30. The van der Waals surface area contributed by atoms with Crippen LogP contribution in [0, 0.1) is 17.0 Å². The van der Waals surface area contributed by atoms with Crippen LogP contribution in [0.3, 0.4) is 0 Å². The molecular formula is C25H17N3O4S. The van der Waals surface area contributed by atoms with Crippen LogP contribution in [0.4, 0.5) is 11.4 Å². The second-order valence-electron chi connectivity index (χ2n) is 7.49. The van der Waals surface area contributed by atoms with E-state index in [4.69, 9.17) is 4.42 Å². The highest BCUT2D eigenvalue weighted by Crippen LogP contribution is 2.31. The van der Waals surface area contributed by atoms with Crippen LogP contribution in [-0.2, 0) is 0 Å². The number of anilines is 1. The second kappa shape index (κ2) is 8.33. The topological polar surface area (TPSA) is 98.3 Å². The number of furan rings is 1. The number of amides is 1. The van der Waals surface area contributed by atoms with Crippen molar-refractivity contribution >= 4 is 38.8 Å². The predicted octanol–water partition coefficient (Wildman–Crippen LogP) is 6.69. The molecule has 2 heterocycles. The number of aryl methyl sites for hydroxylation is 1. The normalized spacial score (nSPS) is 10.9. The summed E-state index contributed by atoms with van der Waals surface area (Å²) in [5.41, 5.74) is 4.24. The fraction of sp³-hybridized carbons (Fsp3) is 0.0400. The molecule has 8 heteroatoms. The minimum Gasteiger partial charge on any atom is -0.451 e. The Bertz CT molecular complexity index is 1500. The molecule has 0 spiro atoms. The number of non-ortho nitro benzene ring substituents is 1. The number of nitro groups is 1. The molecule has 33 heavy (non-hydrogen) atoms. The number of benzene rings is 3. The molecule has 0 unspecified atom stereocenters. The first-order valence-corrected chi connectivity index (χ1v) is 10.9. The quantitative estimate of drug-likeness (QED) is 0.235. The van der Waals surface area contributed by atoms with E-state index >= 15 is 0 Å².